The number of hydrogen-bond donors (Lipinski definition) is 1. The third kappa shape index (κ3) is 1.59. The second-order valence-electron chi connectivity index (χ2n) is 3.96. The van der Waals surface area contributed by atoms with E-state index >= 15 is 0 Å². The molecule has 2 unspecified atom stereocenters. The van der Waals surface area contributed by atoms with E-state index in [0.717, 1.165) is 5.71 Å². The summed E-state index contributed by atoms with van der Waals surface area (Å²) in [6.45, 7) is 0.684. The molecule has 0 saturated carbocycles. The van der Waals surface area contributed by atoms with E-state index in [2.05, 4.69) is 33.5 Å². The highest BCUT2D eigenvalue weighted by molar-refractivity contribution is 6.11. The van der Waals surface area contributed by atoms with Crippen LogP contribution in [-0.4, -0.2) is 24.6 Å². The van der Waals surface area contributed by atoms with Crippen molar-refractivity contribution in [3.05, 3.63) is 48.2 Å². The molecule has 0 amide bonds. The van der Waals surface area contributed by atoms with Crippen LogP contribution in [0.25, 0.3) is 0 Å². The minimum atomic E-state index is 0.265. The van der Waals surface area contributed by atoms with E-state index in [1.165, 1.54) is 5.56 Å². The maximum absolute atomic E-state index is 4.56. The van der Waals surface area contributed by atoms with E-state index in [-0.39, 0.29) is 5.92 Å². The van der Waals surface area contributed by atoms with Crippen LogP contribution in [-0.2, 0) is 0 Å². The maximum Gasteiger partial charge on any atom is 0.0893 e. The molecule has 1 aromatic carbocycles. The molecule has 1 aromatic rings. The van der Waals surface area contributed by atoms with Crippen molar-refractivity contribution in [2.24, 2.45) is 15.9 Å². The molecule has 3 rings (SSSR count). The Labute approximate surface area is 94.6 Å². The molecule has 0 spiro atoms. The molecule has 0 radical (unpaired) electrons. The Morgan fingerprint density at radius 3 is 2.94 bits per heavy atom. The minimum Gasteiger partial charge on any atom is -0.291 e. The zero-order valence-electron chi connectivity index (χ0n) is 8.88. The Kier molecular flexibility index (Phi) is 2.38. The van der Waals surface area contributed by atoms with Crippen LogP contribution in [0.1, 0.15) is 5.56 Å². The van der Waals surface area contributed by atoms with Gasteiger partial charge >= 0.3 is 0 Å². The van der Waals surface area contributed by atoms with Crippen LogP contribution < -0.4 is 5.32 Å². The first-order valence-electron chi connectivity index (χ1n) is 5.48. The maximum atomic E-state index is 4.56. The first-order chi connectivity index (χ1) is 7.95. The molecule has 16 heavy (non-hydrogen) atoms. The monoisotopic (exact) mass is 211 g/mol. The van der Waals surface area contributed by atoms with Crippen LogP contribution in [0.2, 0.25) is 0 Å². The van der Waals surface area contributed by atoms with Gasteiger partial charge in [-0.25, -0.2) is 0 Å². The number of nitrogens with one attached hydrogen (secondary N) is 1. The van der Waals surface area contributed by atoms with Gasteiger partial charge in [0.05, 0.1) is 18.3 Å². The molecule has 2 aliphatic heterocycles. The van der Waals surface area contributed by atoms with E-state index < -0.39 is 0 Å². The van der Waals surface area contributed by atoms with Gasteiger partial charge in [-0.15, -0.1) is 0 Å². The fourth-order valence-electron chi connectivity index (χ4n) is 2.17. The third-order valence-corrected chi connectivity index (χ3v) is 2.97. The van der Waals surface area contributed by atoms with Crippen molar-refractivity contribution in [2.45, 2.75) is 6.04 Å². The molecular formula is C13H13N3. The molecule has 0 aliphatic carbocycles. The molecular weight excluding hydrogens is 198 g/mol. The number of nitrogens with zero attached hydrogens (tertiary/aromatic N) is 2. The number of rotatable bonds is 1. The van der Waals surface area contributed by atoms with E-state index in [1.807, 2.05) is 30.6 Å². The van der Waals surface area contributed by atoms with Gasteiger partial charge in [0, 0.05) is 18.5 Å². The van der Waals surface area contributed by atoms with Crippen LogP contribution in [0.5, 0.6) is 0 Å². The lowest BCUT2D eigenvalue weighted by molar-refractivity contribution is 0.549. The molecule has 0 aromatic heterocycles. The van der Waals surface area contributed by atoms with Crippen LogP contribution in [0, 0.1) is 5.92 Å². The second-order valence-corrected chi connectivity index (χ2v) is 3.96. The molecule has 0 bridgehead atoms. The molecule has 3 heteroatoms. The summed E-state index contributed by atoms with van der Waals surface area (Å²) in [5, 5.41) is 3.36. The van der Waals surface area contributed by atoms with Crippen molar-refractivity contribution in [2.75, 3.05) is 6.67 Å². The van der Waals surface area contributed by atoms with Crippen LogP contribution in [0.15, 0.2) is 52.6 Å². The summed E-state index contributed by atoms with van der Waals surface area (Å²) >= 11 is 0. The van der Waals surface area contributed by atoms with Crippen LogP contribution >= 0.6 is 0 Å². The minimum absolute atomic E-state index is 0.265. The predicted octanol–water partition coefficient (Wildman–Crippen LogP) is 1.62. The number of fused-ring (bicyclic) bond motifs is 1. The van der Waals surface area contributed by atoms with Crippen LogP contribution in [0.3, 0.4) is 0 Å². The molecule has 1 N–H and O–H groups in total. The molecule has 0 fully saturated rings. The van der Waals surface area contributed by atoms with Crippen molar-refractivity contribution in [3.63, 3.8) is 0 Å². The van der Waals surface area contributed by atoms with Crippen molar-refractivity contribution >= 4 is 11.9 Å². The van der Waals surface area contributed by atoms with E-state index in [0.29, 0.717) is 12.7 Å². The SMILES string of the molecule is C1=CC2NCN=C(c3ccccc3)C2C=N1. The topological polar surface area (TPSA) is 36.8 Å². The summed E-state index contributed by atoms with van der Waals surface area (Å²) in [6.07, 6.45) is 5.92. The summed E-state index contributed by atoms with van der Waals surface area (Å²) in [7, 11) is 0. The Balaban J connectivity index is 1.98. The lowest BCUT2D eigenvalue weighted by Crippen LogP contribution is -2.45. The standard InChI is InChI=1S/C13H13N3/c1-2-4-10(5-3-1)13-11-8-14-7-6-12(11)15-9-16-13/h1-8,11-12,15H,9H2. The average molecular weight is 211 g/mol. The lowest BCUT2D eigenvalue weighted by atomic mass is 9.88. The highest BCUT2D eigenvalue weighted by atomic mass is 15.1. The summed E-state index contributed by atoms with van der Waals surface area (Å²) < 4.78 is 0. The first kappa shape index (κ1) is 9.48. The highest BCUT2D eigenvalue weighted by Crippen LogP contribution is 2.19. The van der Waals surface area contributed by atoms with Crippen molar-refractivity contribution in [1.82, 2.24) is 5.32 Å². The normalized spacial score (nSPS) is 27.4. The Morgan fingerprint density at radius 2 is 2.06 bits per heavy atom. The smallest absolute Gasteiger partial charge is 0.0893 e. The molecule has 80 valence electrons. The van der Waals surface area contributed by atoms with Gasteiger partial charge in [0.25, 0.3) is 0 Å². The first-order valence-corrected chi connectivity index (χ1v) is 5.48. The van der Waals surface area contributed by atoms with Gasteiger partial charge in [-0.05, 0) is 11.6 Å². The van der Waals surface area contributed by atoms with E-state index in [4.69, 9.17) is 0 Å². The van der Waals surface area contributed by atoms with Gasteiger partial charge in [-0.1, -0.05) is 30.3 Å². The highest BCUT2D eigenvalue weighted by Gasteiger charge is 2.27. The largest absolute Gasteiger partial charge is 0.291 e. The van der Waals surface area contributed by atoms with E-state index in [1.54, 1.807) is 0 Å². The Bertz CT molecular complexity index is 459. The molecule has 2 aliphatic rings. The van der Waals surface area contributed by atoms with Gasteiger partial charge in [-0.2, -0.15) is 0 Å². The quantitative estimate of drug-likeness (QED) is 0.753. The number of hydrogen-bond acceptors (Lipinski definition) is 3. The summed E-state index contributed by atoms with van der Waals surface area (Å²) in [6, 6.07) is 10.7. The summed E-state index contributed by atoms with van der Waals surface area (Å²) in [5.74, 6) is 0.265. The second kappa shape index (κ2) is 4.02. The lowest BCUT2D eigenvalue weighted by Gasteiger charge is -2.29. The van der Waals surface area contributed by atoms with Crippen molar-refractivity contribution < 1.29 is 0 Å². The van der Waals surface area contributed by atoms with Gasteiger partial charge < -0.3 is 0 Å². The predicted molar refractivity (Wildman–Crippen MR) is 65.9 cm³/mol. The van der Waals surface area contributed by atoms with Gasteiger partial charge in [0.2, 0.25) is 0 Å². The third-order valence-electron chi connectivity index (χ3n) is 2.97. The zero-order chi connectivity index (χ0) is 10.8. The van der Waals surface area contributed by atoms with E-state index in [9.17, 15) is 0 Å². The van der Waals surface area contributed by atoms with Crippen LogP contribution in [0.4, 0.5) is 0 Å². The Morgan fingerprint density at radius 1 is 1.19 bits per heavy atom. The van der Waals surface area contributed by atoms with Gasteiger partial charge in [0.1, 0.15) is 0 Å². The summed E-state index contributed by atoms with van der Waals surface area (Å²) in [5.41, 5.74) is 2.33. The van der Waals surface area contributed by atoms with Gasteiger partial charge in [-0.3, -0.25) is 15.3 Å². The Hall–Kier alpha value is -1.74. The fraction of sp³-hybridized carbons (Fsp3) is 0.231. The number of aliphatic imine (C=N–C) groups is 2. The molecule has 3 nitrogen and oxygen atoms in total. The summed E-state index contributed by atoms with van der Waals surface area (Å²) in [4.78, 5) is 8.78. The van der Waals surface area contributed by atoms with Crippen molar-refractivity contribution in [3.8, 4) is 0 Å². The number of benzene rings is 1. The molecule has 2 atom stereocenters. The molecule has 2 heterocycles. The van der Waals surface area contributed by atoms with Crippen molar-refractivity contribution in [1.29, 1.82) is 0 Å². The molecule has 0 saturated heterocycles. The fourth-order valence-corrected chi connectivity index (χ4v) is 2.17. The zero-order valence-corrected chi connectivity index (χ0v) is 8.88. The average Bonchev–Trinajstić information content (AvgIpc) is 2.39. The van der Waals surface area contributed by atoms with Gasteiger partial charge in [0.15, 0.2) is 0 Å².